The fourth-order valence-corrected chi connectivity index (χ4v) is 2.83. The van der Waals surface area contributed by atoms with Crippen molar-refractivity contribution in [2.24, 2.45) is 0 Å². The molecule has 2 rings (SSSR count). The van der Waals surface area contributed by atoms with Crippen LogP contribution in [0.15, 0.2) is 0 Å². The van der Waals surface area contributed by atoms with Gasteiger partial charge in [0.15, 0.2) is 5.60 Å². The molecule has 1 atom stereocenters. The van der Waals surface area contributed by atoms with Crippen LogP contribution in [-0.2, 0) is 11.2 Å². The number of phenols is 1. The topological polar surface area (TPSA) is 58.6 Å². The summed E-state index contributed by atoms with van der Waals surface area (Å²) in [6, 6.07) is 0. The Morgan fingerprint density at radius 1 is 1.29 bits per heavy atom. The van der Waals surface area contributed by atoms with Crippen LogP contribution < -0.4 is 10.1 Å². The second-order valence-corrected chi connectivity index (χ2v) is 6.12. The number of nitrogens with one attached hydrogen (secondary N) is 1. The van der Waals surface area contributed by atoms with Gasteiger partial charge in [-0.05, 0) is 57.2 Å². The number of hydrogen-bond acceptors (Lipinski definition) is 3. The van der Waals surface area contributed by atoms with E-state index in [-0.39, 0.29) is 5.91 Å². The lowest BCUT2D eigenvalue weighted by Gasteiger charge is -2.36. The normalized spacial score (nSPS) is 20.6. The molecule has 1 unspecified atom stereocenters. The van der Waals surface area contributed by atoms with Crippen molar-refractivity contribution in [3.8, 4) is 11.5 Å². The van der Waals surface area contributed by atoms with Crippen LogP contribution in [0.3, 0.4) is 0 Å². The zero-order chi connectivity index (χ0) is 15.8. The van der Waals surface area contributed by atoms with Crippen LogP contribution in [0.5, 0.6) is 11.5 Å². The van der Waals surface area contributed by atoms with Crippen molar-refractivity contribution in [3.05, 3.63) is 22.3 Å². The number of rotatable bonds is 3. The van der Waals surface area contributed by atoms with Gasteiger partial charge in [0, 0.05) is 18.5 Å². The van der Waals surface area contributed by atoms with E-state index in [0.717, 1.165) is 40.8 Å². The summed E-state index contributed by atoms with van der Waals surface area (Å²) < 4.78 is 6.10. The quantitative estimate of drug-likeness (QED) is 0.900. The van der Waals surface area contributed by atoms with Crippen molar-refractivity contribution >= 4 is 5.91 Å². The number of aromatic hydroxyl groups is 1. The fraction of sp³-hybridized carbons (Fsp3) is 0.588. The summed E-state index contributed by atoms with van der Waals surface area (Å²) in [5, 5.41) is 13.1. The predicted molar refractivity (Wildman–Crippen MR) is 83.0 cm³/mol. The zero-order valence-electron chi connectivity index (χ0n) is 13.6. The summed E-state index contributed by atoms with van der Waals surface area (Å²) in [6.07, 6.45) is 2.27. The third kappa shape index (κ3) is 2.59. The van der Waals surface area contributed by atoms with E-state index < -0.39 is 5.60 Å². The van der Waals surface area contributed by atoms with E-state index in [9.17, 15) is 9.90 Å². The van der Waals surface area contributed by atoms with Crippen molar-refractivity contribution in [2.75, 3.05) is 6.54 Å². The molecular weight excluding hydrogens is 266 g/mol. The summed E-state index contributed by atoms with van der Waals surface area (Å²) in [4.78, 5) is 12.4. The molecule has 4 nitrogen and oxygen atoms in total. The highest BCUT2D eigenvalue weighted by Crippen LogP contribution is 2.43. The Hall–Kier alpha value is -1.71. The standard InChI is InChI=1S/C17H25NO3/c1-6-9-18-16(20)17(5)8-7-13-12(4)14(19)10(2)11(3)15(13)21-17/h19H,6-9H2,1-5H3,(H,18,20). The first-order chi connectivity index (χ1) is 9.81. The average molecular weight is 291 g/mol. The van der Waals surface area contributed by atoms with Crippen molar-refractivity contribution in [2.45, 2.75) is 59.5 Å². The van der Waals surface area contributed by atoms with Crippen LogP contribution in [-0.4, -0.2) is 23.2 Å². The van der Waals surface area contributed by atoms with E-state index >= 15 is 0 Å². The van der Waals surface area contributed by atoms with Crippen LogP contribution >= 0.6 is 0 Å². The molecule has 0 saturated carbocycles. The molecular formula is C17H25NO3. The summed E-state index contributed by atoms with van der Waals surface area (Å²) in [5.41, 5.74) is 2.80. The molecule has 0 aromatic heterocycles. The van der Waals surface area contributed by atoms with Gasteiger partial charge in [0.2, 0.25) is 0 Å². The fourth-order valence-electron chi connectivity index (χ4n) is 2.83. The van der Waals surface area contributed by atoms with Gasteiger partial charge in [0.05, 0.1) is 0 Å². The highest BCUT2D eigenvalue weighted by molar-refractivity contribution is 5.85. The number of benzene rings is 1. The lowest BCUT2D eigenvalue weighted by atomic mass is 9.86. The summed E-state index contributed by atoms with van der Waals surface area (Å²) in [6.45, 7) is 10.3. The van der Waals surface area contributed by atoms with Gasteiger partial charge in [-0.1, -0.05) is 6.92 Å². The Kier molecular flexibility index (Phi) is 4.17. The molecule has 1 aromatic carbocycles. The van der Waals surface area contributed by atoms with Gasteiger partial charge in [-0.2, -0.15) is 0 Å². The molecule has 116 valence electrons. The molecule has 0 spiro atoms. The maximum Gasteiger partial charge on any atom is 0.263 e. The SMILES string of the molecule is CCCNC(=O)C1(C)CCc2c(C)c(O)c(C)c(C)c2O1. The van der Waals surface area contributed by atoms with E-state index in [1.807, 2.05) is 34.6 Å². The molecule has 1 heterocycles. The third-order valence-corrected chi connectivity index (χ3v) is 4.54. The monoisotopic (exact) mass is 291 g/mol. The van der Waals surface area contributed by atoms with Gasteiger partial charge >= 0.3 is 0 Å². The lowest BCUT2D eigenvalue weighted by Crippen LogP contribution is -2.51. The van der Waals surface area contributed by atoms with Crippen molar-refractivity contribution in [1.29, 1.82) is 0 Å². The van der Waals surface area contributed by atoms with Crippen LogP contribution in [0.4, 0.5) is 0 Å². The first-order valence-corrected chi connectivity index (χ1v) is 7.60. The summed E-state index contributed by atoms with van der Waals surface area (Å²) >= 11 is 0. The van der Waals surface area contributed by atoms with Crippen LogP contribution in [0, 0.1) is 20.8 Å². The van der Waals surface area contributed by atoms with E-state index in [4.69, 9.17) is 4.74 Å². The Bertz CT molecular complexity index is 580. The zero-order valence-corrected chi connectivity index (χ0v) is 13.6. The van der Waals surface area contributed by atoms with Gasteiger partial charge in [0.1, 0.15) is 11.5 Å². The molecule has 21 heavy (non-hydrogen) atoms. The number of carbonyl (C=O) groups excluding carboxylic acids is 1. The predicted octanol–water partition coefficient (Wildman–Crippen LogP) is 2.93. The van der Waals surface area contributed by atoms with Gasteiger partial charge < -0.3 is 15.2 Å². The van der Waals surface area contributed by atoms with E-state index in [1.54, 1.807) is 0 Å². The maximum absolute atomic E-state index is 12.4. The van der Waals surface area contributed by atoms with Gasteiger partial charge in [-0.25, -0.2) is 0 Å². The molecule has 2 N–H and O–H groups in total. The van der Waals surface area contributed by atoms with E-state index in [2.05, 4.69) is 5.32 Å². The number of amides is 1. The van der Waals surface area contributed by atoms with Crippen LogP contribution in [0.25, 0.3) is 0 Å². The molecule has 0 radical (unpaired) electrons. The second-order valence-electron chi connectivity index (χ2n) is 6.12. The smallest absolute Gasteiger partial charge is 0.263 e. The van der Waals surface area contributed by atoms with Crippen molar-refractivity contribution < 1.29 is 14.6 Å². The number of carbonyl (C=O) groups is 1. The molecule has 1 aliphatic heterocycles. The first kappa shape index (κ1) is 15.7. The molecule has 0 aliphatic carbocycles. The van der Waals surface area contributed by atoms with Crippen molar-refractivity contribution in [3.63, 3.8) is 0 Å². The molecule has 1 aromatic rings. The molecule has 0 bridgehead atoms. The Balaban J connectivity index is 2.38. The van der Waals surface area contributed by atoms with E-state index in [1.165, 1.54) is 0 Å². The Labute approximate surface area is 126 Å². The summed E-state index contributed by atoms with van der Waals surface area (Å²) in [5.74, 6) is 1.05. The molecule has 0 fully saturated rings. The van der Waals surface area contributed by atoms with Crippen LogP contribution in [0.2, 0.25) is 0 Å². The van der Waals surface area contributed by atoms with Crippen molar-refractivity contribution in [1.82, 2.24) is 5.32 Å². The Morgan fingerprint density at radius 3 is 2.57 bits per heavy atom. The molecule has 4 heteroatoms. The number of hydrogen-bond donors (Lipinski definition) is 2. The Morgan fingerprint density at radius 2 is 1.95 bits per heavy atom. The minimum atomic E-state index is -0.831. The molecule has 1 amide bonds. The third-order valence-electron chi connectivity index (χ3n) is 4.54. The number of fused-ring (bicyclic) bond motifs is 1. The van der Waals surface area contributed by atoms with E-state index in [0.29, 0.717) is 18.7 Å². The first-order valence-electron chi connectivity index (χ1n) is 7.60. The molecule has 1 aliphatic rings. The van der Waals surface area contributed by atoms with Gasteiger partial charge in [0.25, 0.3) is 5.91 Å². The number of phenolic OH excluding ortho intramolecular Hbond substituents is 1. The largest absolute Gasteiger partial charge is 0.507 e. The van der Waals surface area contributed by atoms with Gasteiger partial charge in [-0.3, -0.25) is 4.79 Å². The summed E-state index contributed by atoms with van der Waals surface area (Å²) in [7, 11) is 0. The lowest BCUT2D eigenvalue weighted by molar-refractivity contribution is -0.136. The molecule has 0 saturated heterocycles. The second kappa shape index (κ2) is 5.58. The van der Waals surface area contributed by atoms with Gasteiger partial charge in [-0.15, -0.1) is 0 Å². The minimum absolute atomic E-state index is 0.0576. The average Bonchev–Trinajstić information content (AvgIpc) is 2.48. The highest BCUT2D eigenvalue weighted by Gasteiger charge is 2.40. The maximum atomic E-state index is 12.4. The van der Waals surface area contributed by atoms with Crippen LogP contribution in [0.1, 0.15) is 48.9 Å². The highest BCUT2D eigenvalue weighted by atomic mass is 16.5. The minimum Gasteiger partial charge on any atom is -0.507 e. The number of ether oxygens (including phenoxy) is 1.